The van der Waals surface area contributed by atoms with Crippen molar-refractivity contribution in [2.45, 2.75) is 32.2 Å². The second-order valence-corrected chi connectivity index (χ2v) is 9.55. The summed E-state index contributed by atoms with van der Waals surface area (Å²) in [6, 6.07) is 22.8. The molecular formula is C29H31N3O4S. The summed E-state index contributed by atoms with van der Waals surface area (Å²) >= 11 is 1.60. The fourth-order valence-electron chi connectivity index (χ4n) is 3.91. The Morgan fingerprint density at radius 1 is 1.05 bits per heavy atom. The highest BCUT2D eigenvalue weighted by atomic mass is 32.2. The van der Waals surface area contributed by atoms with E-state index in [0.29, 0.717) is 42.6 Å². The molecule has 8 heteroatoms. The summed E-state index contributed by atoms with van der Waals surface area (Å²) in [5.41, 5.74) is 5.92. The first-order valence-electron chi connectivity index (χ1n) is 12.4. The normalized spacial score (nSPS) is 15.2. The van der Waals surface area contributed by atoms with E-state index in [1.54, 1.807) is 30.1 Å². The van der Waals surface area contributed by atoms with Crippen LogP contribution in [0.25, 0.3) is 0 Å². The predicted molar refractivity (Wildman–Crippen MR) is 147 cm³/mol. The summed E-state index contributed by atoms with van der Waals surface area (Å²) in [6.45, 7) is 5.66. The van der Waals surface area contributed by atoms with Gasteiger partial charge in [-0.05, 0) is 60.4 Å². The first kappa shape index (κ1) is 26.3. The topological polar surface area (TPSA) is 80.2 Å². The molecule has 0 aromatic heterocycles. The van der Waals surface area contributed by atoms with Crippen molar-refractivity contribution in [3.63, 3.8) is 0 Å². The standard InChI is InChI=1S/C29H31N3O4S/c1-3-16-36-25-15-10-22(17-26(25)35-4-2)18-30-31-28(34)23-11-13-24(14-12-23)29-32(27(33)20-37-29)19-21-8-6-5-7-9-21/h5-15,17-18,29H,3-4,16,19-20H2,1-2H3,(H,31,34)/b30-18-/t29-/m0/s1. The number of ether oxygens (including phenoxy) is 2. The SMILES string of the molecule is CCCOc1ccc(/C=N\NC(=O)c2ccc([C@@H]3SCC(=O)N3Cc3ccccc3)cc2)cc1OCC. The number of rotatable bonds is 11. The van der Waals surface area contributed by atoms with Crippen molar-refractivity contribution >= 4 is 29.8 Å². The predicted octanol–water partition coefficient (Wildman–Crippen LogP) is 5.41. The lowest BCUT2D eigenvalue weighted by molar-refractivity contribution is -0.128. The lowest BCUT2D eigenvalue weighted by Gasteiger charge is -2.24. The highest BCUT2D eigenvalue weighted by molar-refractivity contribution is 8.00. The van der Waals surface area contributed by atoms with E-state index in [-0.39, 0.29) is 17.2 Å². The Hall–Kier alpha value is -3.78. The molecule has 0 spiro atoms. The molecule has 3 aromatic carbocycles. The summed E-state index contributed by atoms with van der Waals surface area (Å²) in [7, 11) is 0. The Morgan fingerprint density at radius 3 is 2.57 bits per heavy atom. The number of hydrazone groups is 1. The van der Waals surface area contributed by atoms with Gasteiger partial charge in [0.15, 0.2) is 11.5 Å². The Labute approximate surface area is 221 Å². The van der Waals surface area contributed by atoms with E-state index < -0.39 is 0 Å². The minimum atomic E-state index is -0.313. The molecule has 1 fully saturated rings. The van der Waals surface area contributed by atoms with Crippen LogP contribution in [0.3, 0.4) is 0 Å². The van der Waals surface area contributed by atoms with E-state index in [0.717, 1.165) is 23.1 Å². The summed E-state index contributed by atoms with van der Waals surface area (Å²) in [5.74, 6) is 1.59. The second-order valence-electron chi connectivity index (χ2n) is 8.48. The van der Waals surface area contributed by atoms with Gasteiger partial charge in [0.05, 0.1) is 25.2 Å². The molecule has 0 bridgehead atoms. The van der Waals surface area contributed by atoms with Gasteiger partial charge in [-0.2, -0.15) is 5.10 Å². The molecule has 192 valence electrons. The summed E-state index contributed by atoms with van der Waals surface area (Å²) in [6.07, 6.45) is 2.48. The van der Waals surface area contributed by atoms with Crippen molar-refractivity contribution in [2.24, 2.45) is 5.10 Å². The molecule has 37 heavy (non-hydrogen) atoms. The van der Waals surface area contributed by atoms with Gasteiger partial charge in [0.1, 0.15) is 5.37 Å². The third kappa shape index (κ3) is 6.92. The number of nitrogens with zero attached hydrogens (tertiary/aromatic N) is 2. The number of hydrogen-bond donors (Lipinski definition) is 1. The van der Waals surface area contributed by atoms with Crippen LogP contribution in [0, 0.1) is 0 Å². The summed E-state index contributed by atoms with van der Waals surface area (Å²) < 4.78 is 11.4. The van der Waals surface area contributed by atoms with Crippen LogP contribution in [-0.4, -0.2) is 41.9 Å². The van der Waals surface area contributed by atoms with E-state index >= 15 is 0 Å². The van der Waals surface area contributed by atoms with E-state index in [1.807, 2.05) is 79.4 Å². The largest absolute Gasteiger partial charge is 0.490 e. The molecule has 3 aromatic rings. The van der Waals surface area contributed by atoms with Crippen LogP contribution in [0.15, 0.2) is 77.9 Å². The van der Waals surface area contributed by atoms with Crippen LogP contribution in [0.5, 0.6) is 11.5 Å². The molecular weight excluding hydrogens is 486 g/mol. The zero-order valence-electron chi connectivity index (χ0n) is 21.1. The average Bonchev–Trinajstić information content (AvgIpc) is 3.28. The third-order valence-electron chi connectivity index (χ3n) is 5.73. The number of benzene rings is 3. The molecule has 0 radical (unpaired) electrons. The van der Waals surface area contributed by atoms with Gasteiger partial charge in [0, 0.05) is 12.1 Å². The van der Waals surface area contributed by atoms with Gasteiger partial charge in [-0.3, -0.25) is 9.59 Å². The van der Waals surface area contributed by atoms with Crippen molar-refractivity contribution < 1.29 is 19.1 Å². The molecule has 1 atom stereocenters. The smallest absolute Gasteiger partial charge is 0.271 e. The Kier molecular flexibility index (Phi) is 9.21. The highest BCUT2D eigenvalue weighted by Crippen LogP contribution is 2.39. The number of carbonyl (C=O) groups is 2. The fourth-order valence-corrected chi connectivity index (χ4v) is 5.10. The monoisotopic (exact) mass is 517 g/mol. The van der Waals surface area contributed by atoms with Gasteiger partial charge in [0.2, 0.25) is 5.91 Å². The van der Waals surface area contributed by atoms with E-state index in [1.165, 1.54) is 0 Å². The molecule has 1 aliphatic rings. The van der Waals surface area contributed by atoms with Crippen molar-refractivity contribution in [3.05, 3.63) is 95.1 Å². The third-order valence-corrected chi connectivity index (χ3v) is 6.99. The fraction of sp³-hybridized carbons (Fsp3) is 0.276. The molecule has 1 N–H and O–H groups in total. The molecule has 0 saturated carbocycles. The zero-order chi connectivity index (χ0) is 26.0. The second kappa shape index (κ2) is 13.0. The summed E-state index contributed by atoms with van der Waals surface area (Å²) in [5, 5.41) is 4.02. The molecule has 0 unspecified atom stereocenters. The first-order valence-corrected chi connectivity index (χ1v) is 13.4. The van der Waals surface area contributed by atoms with E-state index in [9.17, 15) is 9.59 Å². The first-order chi connectivity index (χ1) is 18.1. The number of amides is 2. The van der Waals surface area contributed by atoms with Gasteiger partial charge in [0.25, 0.3) is 5.91 Å². The number of carbonyl (C=O) groups excluding carboxylic acids is 2. The van der Waals surface area contributed by atoms with Crippen molar-refractivity contribution in [1.82, 2.24) is 10.3 Å². The molecule has 1 aliphatic heterocycles. The van der Waals surface area contributed by atoms with Crippen LogP contribution in [0.4, 0.5) is 0 Å². The van der Waals surface area contributed by atoms with Gasteiger partial charge < -0.3 is 14.4 Å². The van der Waals surface area contributed by atoms with Gasteiger partial charge in [-0.1, -0.05) is 49.4 Å². The minimum Gasteiger partial charge on any atom is -0.490 e. The van der Waals surface area contributed by atoms with Gasteiger partial charge in [-0.15, -0.1) is 11.8 Å². The molecule has 0 aliphatic carbocycles. The van der Waals surface area contributed by atoms with Crippen LogP contribution in [-0.2, 0) is 11.3 Å². The maximum atomic E-state index is 12.6. The molecule has 2 amide bonds. The van der Waals surface area contributed by atoms with Crippen LogP contribution in [0.1, 0.15) is 52.7 Å². The zero-order valence-corrected chi connectivity index (χ0v) is 21.9. The average molecular weight is 518 g/mol. The summed E-state index contributed by atoms with van der Waals surface area (Å²) in [4.78, 5) is 27.0. The number of hydrogen-bond acceptors (Lipinski definition) is 6. The molecule has 1 heterocycles. The maximum Gasteiger partial charge on any atom is 0.271 e. The highest BCUT2D eigenvalue weighted by Gasteiger charge is 2.32. The van der Waals surface area contributed by atoms with Crippen molar-refractivity contribution in [3.8, 4) is 11.5 Å². The van der Waals surface area contributed by atoms with Crippen molar-refractivity contribution in [2.75, 3.05) is 19.0 Å². The Morgan fingerprint density at radius 2 is 1.84 bits per heavy atom. The molecule has 1 saturated heterocycles. The van der Waals surface area contributed by atoms with E-state index in [4.69, 9.17) is 9.47 Å². The number of nitrogens with one attached hydrogen (secondary N) is 1. The Balaban J connectivity index is 1.37. The number of thioether (sulfide) groups is 1. The van der Waals surface area contributed by atoms with Crippen LogP contribution >= 0.6 is 11.8 Å². The van der Waals surface area contributed by atoms with Gasteiger partial charge in [-0.25, -0.2) is 5.43 Å². The maximum absolute atomic E-state index is 12.6. The van der Waals surface area contributed by atoms with E-state index in [2.05, 4.69) is 10.5 Å². The lowest BCUT2D eigenvalue weighted by Crippen LogP contribution is -2.27. The Bertz CT molecular complexity index is 1230. The van der Waals surface area contributed by atoms with Crippen LogP contribution in [0.2, 0.25) is 0 Å². The molecule has 7 nitrogen and oxygen atoms in total. The van der Waals surface area contributed by atoms with Crippen LogP contribution < -0.4 is 14.9 Å². The minimum absolute atomic E-state index is 0.0772. The molecule has 4 rings (SSSR count). The quantitative estimate of drug-likeness (QED) is 0.272. The lowest BCUT2D eigenvalue weighted by atomic mass is 10.1. The van der Waals surface area contributed by atoms with Gasteiger partial charge >= 0.3 is 0 Å². The van der Waals surface area contributed by atoms with Crippen molar-refractivity contribution in [1.29, 1.82) is 0 Å².